The van der Waals surface area contributed by atoms with Crippen molar-refractivity contribution in [1.82, 2.24) is 9.88 Å². The van der Waals surface area contributed by atoms with Gasteiger partial charge in [-0.15, -0.1) is 11.3 Å². The van der Waals surface area contributed by atoms with E-state index in [9.17, 15) is 9.18 Å². The summed E-state index contributed by atoms with van der Waals surface area (Å²) in [6.07, 6.45) is 1.36. The molecule has 4 aromatic rings. The molecule has 0 radical (unpaired) electrons. The van der Waals surface area contributed by atoms with Gasteiger partial charge in [0, 0.05) is 36.0 Å². The molecule has 2 aromatic heterocycles. The second kappa shape index (κ2) is 7.55. The minimum atomic E-state index is -0.339. The van der Waals surface area contributed by atoms with Crippen molar-refractivity contribution in [1.29, 1.82) is 0 Å². The molecule has 0 aliphatic carbocycles. The molecule has 148 valence electrons. The van der Waals surface area contributed by atoms with E-state index in [-0.39, 0.29) is 17.8 Å². The zero-order valence-corrected chi connectivity index (χ0v) is 17.6. The van der Waals surface area contributed by atoms with Crippen LogP contribution in [0.1, 0.15) is 22.5 Å². The zero-order chi connectivity index (χ0) is 20.0. The number of amides is 1. The number of likely N-dealkylation sites (tertiary alicyclic amines) is 1. The van der Waals surface area contributed by atoms with Gasteiger partial charge in [0.2, 0.25) is 0 Å². The molecule has 0 bridgehead atoms. The average molecular weight is 447 g/mol. The van der Waals surface area contributed by atoms with E-state index in [1.54, 1.807) is 6.07 Å². The molecule has 2 aromatic carbocycles. The molecule has 0 atom stereocenters. The topological polar surface area (TPSA) is 42.4 Å². The third-order valence-corrected chi connectivity index (χ3v) is 7.65. The lowest BCUT2D eigenvalue weighted by atomic mass is 10.1. The molecular formula is C21H16ClFN2O2S2. The first-order valence-corrected chi connectivity index (χ1v) is 11.3. The van der Waals surface area contributed by atoms with Crippen molar-refractivity contribution in [2.75, 3.05) is 13.1 Å². The fraction of sp³-hybridized carbons (Fsp3) is 0.238. The number of piperidine rings is 1. The van der Waals surface area contributed by atoms with Gasteiger partial charge < -0.3 is 9.64 Å². The predicted molar refractivity (Wildman–Crippen MR) is 116 cm³/mol. The van der Waals surface area contributed by atoms with Gasteiger partial charge in [-0.25, -0.2) is 4.39 Å². The van der Waals surface area contributed by atoms with Crippen LogP contribution >= 0.6 is 34.3 Å². The third-order valence-electron chi connectivity index (χ3n) is 5.08. The standard InChI is InChI=1S/C21H16ClFN2O2S2/c22-17-13-4-1-2-6-15(13)28-19(17)20(26)25-10-8-12(9-11-25)27-21-24-18-14(23)5-3-7-16(18)29-21/h1-7,12H,8-11H2. The smallest absolute Gasteiger partial charge is 0.274 e. The number of nitrogens with zero attached hydrogens (tertiary/aromatic N) is 2. The predicted octanol–water partition coefficient (Wildman–Crippen LogP) is 5.99. The summed E-state index contributed by atoms with van der Waals surface area (Å²) in [6, 6.07) is 12.7. The number of hydrogen-bond acceptors (Lipinski definition) is 5. The van der Waals surface area contributed by atoms with Gasteiger partial charge in [-0.2, -0.15) is 4.98 Å². The number of aromatic nitrogens is 1. The van der Waals surface area contributed by atoms with Gasteiger partial charge in [0.1, 0.15) is 22.3 Å². The number of benzene rings is 2. The molecular weight excluding hydrogens is 431 g/mol. The molecule has 8 heteroatoms. The minimum Gasteiger partial charge on any atom is -0.467 e. The largest absolute Gasteiger partial charge is 0.467 e. The van der Waals surface area contributed by atoms with Crippen LogP contribution in [0.4, 0.5) is 4.39 Å². The summed E-state index contributed by atoms with van der Waals surface area (Å²) < 4.78 is 21.6. The van der Waals surface area contributed by atoms with E-state index in [0.717, 1.165) is 14.8 Å². The minimum absolute atomic E-state index is 0.0308. The van der Waals surface area contributed by atoms with Crippen LogP contribution in [0.2, 0.25) is 5.02 Å². The number of thiophene rings is 1. The molecule has 0 N–H and O–H groups in total. The molecule has 0 spiro atoms. The van der Waals surface area contributed by atoms with Crippen molar-refractivity contribution >= 4 is 60.5 Å². The third kappa shape index (κ3) is 3.47. The van der Waals surface area contributed by atoms with Gasteiger partial charge in [0.05, 0.1) is 9.72 Å². The van der Waals surface area contributed by atoms with E-state index in [2.05, 4.69) is 4.98 Å². The summed E-state index contributed by atoms with van der Waals surface area (Å²) in [5.41, 5.74) is 0.347. The lowest BCUT2D eigenvalue weighted by molar-refractivity contribution is 0.0600. The summed E-state index contributed by atoms with van der Waals surface area (Å²) in [5, 5.41) is 1.93. The van der Waals surface area contributed by atoms with Crippen molar-refractivity contribution in [2.24, 2.45) is 0 Å². The van der Waals surface area contributed by atoms with Crippen molar-refractivity contribution < 1.29 is 13.9 Å². The molecule has 0 saturated carbocycles. The Morgan fingerprint density at radius 3 is 2.62 bits per heavy atom. The Kier molecular flexibility index (Phi) is 4.89. The highest BCUT2D eigenvalue weighted by Gasteiger charge is 2.28. The molecule has 3 heterocycles. The number of halogens is 2. The van der Waals surface area contributed by atoms with Crippen LogP contribution in [0.3, 0.4) is 0 Å². The summed E-state index contributed by atoms with van der Waals surface area (Å²) in [7, 11) is 0. The van der Waals surface area contributed by atoms with Crippen LogP contribution in [0, 0.1) is 5.82 Å². The van der Waals surface area contributed by atoms with Crippen molar-refractivity contribution in [3.8, 4) is 5.19 Å². The Morgan fingerprint density at radius 1 is 1.10 bits per heavy atom. The highest BCUT2D eigenvalue weighted by molar-refractivity contribution is 7.21. The molecule has 1 amide bonds. The Bertz CT molecular complexity index is 1210. The second-order valence-corrected chi connectivity index (χ2v) is 9.34. The summed E-state index contributed by atoms with van der Waals surface area (Å²) >= 11 is 9.24. The first-order chi connectivity index (χ1) is 14.1. The van der Waals surface area contributed by atoms with E-state index in [1.165, 1.54) is 28.7 Å². The van der Waals surface area contributed by atoms with E-state index < -0.39 is 0 Å². The maximum absolute atomic E-state index is 13.8. The number of hydrogen-bond donors (Lipinski definition) is 0. The Labute approximate surface area is 179 Å². The fourth-order valence-electron chi connectivity index (χ4n) is 3.56. The maximum atomic E-state index is 13.8. The van der Waals surface area contributed by atoms with Crippen molar-refractivity contribution in [3.63, 3.8) is 0 Å². The van der Waals surface area contributed by atoms with Gasteiger partial charge >= 0.3 is 0 Å². The van der Waals surface area contributed by atoms with Gasteiger partial charge in [-0.3, -0.25) is 4.79 Å². The number of thiazole rings is 1. The molecule has 1 aliphatic heterocycles. The van der Waals surface area contributed by atoms with Gasteiger partial charge in [-0.05, 0) is 18.2 Å². The SMILES string of the molecule is O=C(c1sc2ccccc2c1Cl)N1CCC(Oc2nc3c(F)cccc3s2)CC1. The summed E-state index contributed by atoms with van der Waals surface area (Å²) in [4.78, 5) is 19.7. The zero-order valence-electron chi connectivity index (χ0n) is 15.2. The monoisotopic (exact) mass is 446 g/mol. The highest BCUT2D eigenvalue weighted by atomic mass is 35.5. The number of fused-ring (bicyclic) bond motifs is 2. The molecule has 29 heavy (non-hydrogen) atoms. The first kappa shape index (κ1) is 18.8. The number of ether oxygens (including phenoxy) is 1. The number of para-hydroxylation sites is 1. The van der Waals surface area contributed by atoms with Crippen LogP contribution in [0.15, 0.2) is 42.5 Å². The lowest BCUT2D eigenvalue weighted by Gasteiger charge is -2.31. The highest BCUT2D eigenvalue weighted by Crippen LogP contribution is 2.36. The number of carbonyl (C=O) groups is 1. The van der Waals surface area contributed by atoms with Crippen molar-refractivity contribution in [2.45, 2.75) is 18.9 Å². The van der Waals surface area contributed by atoms with E-state index >= 15 is 0 Å². The molecule has 4 nitrogen and oxygen atoms in total. The van der Waals surface area contributed by atoms with E-state index in [4.69, 9.17) is 16.3 Å². The first-order valence-electron chi connectivity index (χ1n) is 9.28. The summed E-state index contributed by atoms with van der Waals surface area (Å²) in [6.45, 7) is 1.18. The quantitative estimate of drug-likeness (QED) is 0.388. The van der Waals surface area contributed by atoms with E-state index in [1.807, 2.05) is 35.2 Å². The number of rotatable bonds is 3. The maximum Gasteiger partial charge on any atom is 0.274 e. The van der Waals surface area contributed by atoms with Crippen LogP contribution < -0.4 is 4.74 Å². The fourth-order valence-corrected chi connectivity index (χ4v) is 5.94. The van der Waals surface area contributed by atoms with Crippen LogP contribution in [0.5, 0.6) is 5.19 Å². The molecule has 0 unspecified atom stereocenters. The molecule has 5 rings (SSSR count). The normalized spacial score (nSPS) is 15.3. The molecule has 1 fully saturated rings. The van der Waals surface area contributed by atoms with Gasteiger partial charge in [0.25, 0.3) is 11.1 Å². The molecule has 1 saturated heterocycles. The van der Waals surface area contributed by atoms with Crippen molar-refractivity contribution in [3.05, 3.63) is 58.2 Å². The van der Waals surface area contributed by atoms with Gasteiger partial charge in [-0.1, -0.05) is 47.2 Å². The van der Waals surface area contributed by atoms with E-state index in [0.29, 0.717) is 46.5 Å². The average Bonchev–Trinajstić information content (AvgIpc) is 3.30. The Morgan fingerprint density at radius 2 is 1.86 bits per heavy atom. The van der Waals surface area contributed by atoms with Crippen LogP contribution in [-0.2, 0) is 0 Å². The number of carbonyl (C=O) groups excluding carboxylic acids is 1. The van der Waals surface area contributed by atoms with Crippen LogP contribution in [0.25, 0.3) is 20.3 Å². The second-order valence-electron chi connectivity index (χ2n) is 6.92. The lowest BCUT2D eigenvalue weighted by Crippen LogP contribution is -2.41. The molecule has 1 aliphatic rings. The van der Waals surface area contributed by atoms with Crippen LogP contribution in [-0.4, -0.2) is 35.0 Å². The summed E-state index contributed by atoms with van der Waals surface area (Å²) in [5.74, 6) is -0.370. The Balaban J connectivity index is 1.26. The Hall–Kier alpha value is -2.22. The van der Waals surface area contributed by atoms with Gasteiger partial charge in [0.15, 0.2) is 0 Å².